The highest BCUT2D eigenvalue weighted by Crippen LogP contribution is 2.32. The fourth-order valence-corrected chi connectivity index (χ4v) is 4.67. The fourth-order valence-electron chi connectivity index (χ4n) is 2.59. The summed E-state index contributed by atoms with van der Waals surface area (Å²) in [5.41, 5.74) is 4.85. The molecule has 1 fully saturated rings. The number of sulfonamides is 1. The summed E-state index contributed by atoms with van der Waals surface area (Å²) in [5.74, 6) is 0. The Morgan fingerprint density at radius 3 is 1.63 bits per heavy atom. The van der Waals surface area contributed by atoms with E-state index in [2.05, 4.69) is 0 Å². The van der Waals surface area contributed by atoms with Gasteiger partial charge in [0.2, 0.25) is 10.0 Å². The van der Waals surface area contributed by atoms with E-state index < -0.39 is 16.1 Å². The summed E-state index contributed by atoms with van der Waals surface area (Å²) in [6, 6.07) is 0. The molecule has 0 saturated carbocycles. The molecule has 0 aliphatic carbocycles. The zero-order valence-corrected chi connectivity index (χ0v) is 12.9. The van der Waals surface area contributed by atoms with Gasteiger partial charge in [-0.05, 0) is 62.4 Å². The van der Waals surface area contributed by atoms with E-state index in [1.807, 2.05) is 34.6 Å². The minimum absolute atomic E-state index is 0.202. The largest absolute Gasteiger partial charge is 0.390 e. The molecule has 0 atom stereocenters. The highest BCUT2D eigenvalue weighted by atomic mass is 32.2. The van der Waals surface area contributed by atoms with Gasteiger partial charge in [-0.15, -0.1) is 0 Å². The first-order valence-corrected chi connectivity index (χ1v) is 7.87. The first-order valence-electron chi connectivity index (χ1n) is 6.43. The second-order valence-corrected chi connectivity index (χ2v) is 7.30. The van der Waals surface area contributed by atoms with Crippen molar-refractivity contribution in [3.05, 3.63) is 27.8 Å². The van der Waals surface area contributed by atoms with Crippen LogP contribution in [0.15, 0.2) is 4.90 Å². The molecule has 0 amide bonds. The van der Waals surface area contributed by atoms with Crippen molar-refractivity contribution < 1.29 is 13.5 Å². The lowest BCUT2D eigenvalue weighted by molar-refractivity contribution is 0.0547. The van der Waals surface area contributed by atoms with Crippen molar-refractivity contribution in [2.24, 2.45) is 0 Å². The van der Waals surface area contributed by atoms with Gasteiger partial charge in [0.05, 0.1) is 11.0 Å². The monoisotopic (exact) mass is 283 g/mol. The molecule has 0 bridgehead atoms. The van der Waals surface area contributed by atoms with E-state index in [0.29, 0.717) is 4.90 Å². The second kappa shape index (κ2) is 4.58. The molecule has 1 aliphatic heterocycles. The normalized spacial score (nSPS) is 17.6. The number of benzene rings is 1. The molecular weight excluding hydrogens is 262 g/mol. The van der Waals surface area contributed by atoms with Crippen molar-refractivity contribution in [2.45, 2.75) is 45.6 Å². The Morgan fingerprint density at radius 1 is 0.895 bits per heavy atom. The maximum absolute atomic E-state index is 12.6. The van der Waals surface area contributed by atoms with Crippen LogP contribution in [0.2, 0.25) is 0 Å². The molecule has 0 aromatic heterocycles. The van der Waals surface area contributed by atoms with E-state index in [4.69, 9.17) is 0 Å². The quantitative estimate of drug-likeness (QED) is 0.897. The molecule has 19 heavy (non-hydrogen) atoms. The molecule has 1 N–H and O–H groups in total. The molecule has 1 aromatic rings. The Labute approximate surface area is 115 Å². The third kappa shape index (κ3) is 2.10. The topological polar surface area (TPSA) is 57.6 Å². The lowest BCUT2D eigenvalue weighted by Gasteiger charge is -2.35. The van der Waals surface area contributed by atoms with Crippen LogP contribution in [-0.2, 0) is 10.0 Å². The third-order valence-electron chi connectivity index (χ3n) is 4.36. The van der Waals surface area contributed by atoms with Crippen LogP contribution >= 0.6 is 0 Å². The van der Waals surface area contributed by atoms with Crippen molar-refractivity contribution >= 4 is 10.0 Å². The number of hydrogen-bond acceptors (Lipinski definition) is 3. The average Bonchev–Trinajstić information content (AvgIpc) is 2.30. The molecule has 1 aliphatic rings. The van der Waals surface area contributed by atoms with Crippen molar-refractivity contribution in [2.75, 3.05) is 13.1 Å². The second-order valence-electron chi connectivity index (χ2n) is 5.43. The van der Waals surface area contributed by atoms with Gasteiger partial charge in [0.25, 0.3) is 0 Å². The van der Waals surface area contributed by atoms with E-state index in [0.717, 1.165) is 27.8 Å². The Morgan fingerprint density at radius 2 is 1.26 bits per heavy atom. The van der Waals surface area contributed by atoms with Gasteiger partial charge in [0, 0.05) is 13.1 Å². The number of aliphatic hydroxyl groups is 1. The third-order valence-corrected chi connectivity index (χ3v) is 6.46. The van der Waals surface area contributed by atoms with Crippen LogP contribution in [0.4, 0.5) is 0 Å². The molecule has 1 saturated heterocycles. The van der Waals surface area contributed by atoms with Gasteiger partial charge in [-0.25, -0.2) is 8.42 Å². The predicted molar refractivity (Wildman–Crippen MR) is 74.9 cm³/mol. The van der Waals surface area contributed by atoms with E-state index in [9.17, 15) is 13.5 Å². The van der Waals surface area contributed by atoms with Gasteiger partial charge in [0.15, 0.2) is 0 Å². The lowest BCUT2D eigenvalue weighted by Crippen LogP contribution is -2.53. The van der Waals surface area contributed by atoms with Crippen LogP contribution in [0.3, 0.4) is 0 Å². The summed E-state index contributed by atoms with van der Waals surface area (Å²) in [7, 11) is -3.48. The van der Waals surface area contributed by atoms with Crippen LogP contribution in [0.1, 0.15) is 27.8 Å². The summed E-state index contributed by atoms with van der Waals surface area (Å²) in [6.07, 6.45) is -0.525. The van der Waals surface area contributed by atoms with Crippen LogP contribution in [-0.4, -0.2) is 37.0 Å². The van der Waals surface area contributed by atoms with Crippen LogP contribution in [0, 0.1) is 34.6 Å². The number of β-amino-alcohol motifs (C(OH)–C–C–N with tert-alkyl or cyclic N) is 1. The molecule has 0 spiro atoms. The summed E-state index contributed by atoms with van der Waals surface area (Å²) in [5, 5.41) is 9.31. The molecular formula is C14H21NO3S. The Balaban J connectivity index is 2.64. The Kier molecular flexibility index (Phi) is 3.49. The van der Waals surface area contributed by atoms with E-state index in [1.165, 1.54) is 4.31 Å². The minimum Gasteiger partial charge on any atom is -0.390 e. The maximum Gasteiger partial charge on any atom is 0.243 e. The van der Waals surface area contributed by atoms with Crippen LogP contribution in [0.25, 0.3) is 0 Å². The first kappa shape index (κ1) is 14.5. The summed E-state index contributed by atoms with van der Waals surface area (Å²) in [6.45, 7) is 10.1. The molecule has 1 heterocycles. The van der Waals surface area contributed by atoms with Gasteiger partial charge < -0.3 is 5.11 Å². The summed E-state index contributed by atoms with van der Waals surface area (Å²) in [4.78, 5) is 0.417. The standard InChI is InChI=1S/C14H21NO3S/c1-8-9(2)11(4)14(12(5)10(8)3)19(17,18)15-6-13(16)7-15/h13,16H,6-7H2,1-5H3. The molecule has 0 unspecified atom stereocenters. The minimum atomic E-state index is -3.48. The van der Waals surface area contributed by atoms with Crippen LogP contribution in [0.5, 0.6) is 0 Å². The smallest absolute Gasteiger partial charge is 0.243 e. The molecule has 1 aromatic carbocycles. The highest BCUT2D eigenvalue weighted by molar-refractivity contribution is 7.89. The lowest BCUT2D eigenvalue weighted by atomic mass is 9.95. The molecule has 106 valence electrons. The highest BCUT2D eigenvalue weighted by Gasteiger charge is 2.37. The number of nitrogens with zero attached hydrogens (tertiary/aromatic N) is 1. The predicted octanol–water partition coefficient (Wildman–Crippen LogP) is 1.59. The summed E-state index contributed by atoms with van der Waals surface area (Å²) < 4.78 is 26.6. The molecule has 2 rings (SSSR count). The Bertz CT molecular complexity index is 600. The molecule has 4 nitrogen and oxygen atoms in total. The SMILES string of the molecule is Cc1c(C)c(C)c(S(=O)(=O)N2CC(O)C2)c(C)c1C. The zero-order chi connectivity index (χ0) is 14.5. The first-order chi connectivity index (χ1) is 8.67. The van der Waals surface area contributed by atoms with Crippen LogP contribution < -0.4 is 0 Å². The van der Waals surface area contributed by atoms with Crippen molar-refractivity contribution in [3.8, 4) is 0 Å². The fraction of sp³-hybridized carbons (Fsp3) is 0.571. The molecule has 5 heteroatoms. The average molecular weight is 283 g/mol. The van der Waals surface area contributed by atoms with Crippen molar-refractivity contribution in [1.82, 2.24) is 4.31 Å². The number of rotatable bonds is 2. The maximum atomic E-state index is 12.6. The van der Waals surface area contributed by atoms with E-state index in [1.54, 1.807) is 0 Å². The van der Waals surface area contributed by atoms with E-state index >= 15 is 0 Å². The molecule has 0 radical (unpaired) electrons. The van der Waals surface area contributed by atoms with Gasteiger partial charge in [0.1, 0.15) is 0 Å². The van der Waals surface area contributed by atoms with Gasteiger partial charge in [-0.2, -0.15) is 4.31 Å². The zero-order valence-electron chi connectivity index (χ0n) is 12.1. The Hall–Kier alpha value is -0.910. The van der Waals surface area contributed by atoms with E-state index in [-0.39, 0.29) is 13.1 Å². The van der Waals surface area contributed by atoms with Crippen molar-refractivity contribution in [3.63, 3.8) is 0 Å². The number of aliphatic hydroxyl groups excluding tert-OH is 1. The summed E-state index contributed by atoms with van der Waals surface area (Å²) >= 11 is 0. The van der Waals surface area contributed by atoms with Crippen molar-refractivity contribution in [1.29, 1.82) is 0 Å². The van der Waals surface area contributed by atoms with Gasteiger partial charge in [-0.1, -0.05) is 0 Å². The number of hydrogen-bond donors (Lipinski definition) is 1. The van der Waals surface area contributed by atoms with Gasteiger partial charge in [-0.3, -0.25) is 0 Å². The van der Waals surface area contributed by atoms with Gasteiger partial charge >= 0.3 is 0 Å².